The summed E-state index contributed by atoms with van der Waals surface area (Å²) in [4.78, 5) is 13.9. The number of fused-ring (bicyclic) bond motifs is 1. The molecule has 25 heavy (non-hydrogen) atoms. The van der Waals surface area contributed by atoms with Gasteiger partial charge in [0, 0.05) is 43.3 Å². The van der Waals surface area contributed by atoms with Crippen molar-refractivity contribution in [1.29, 1.82) is 0 Å². The number of hydrogen-bond donors (Lipinski definition) is 1. The summed E-state index contributed by atoms with van der Waals surface area (Å²) in [6.45, 7) is 6.08. The molecule has 1 saturated heterocycles. The maximum absolute atomic E-state index is 4.64. The van der Waals surface area contributed by atoms with Crippen molar-refractivity contribution in [3.05, 3.63) is 54.4 Å². The second-order valence-electron chi connectivity index (χ2n) is 6.60. The van der Waals surface area contributed by atoms with E-state index in [2.05, 4.69) is 80.7 Å². The van der Waals surface area contributed by atoms with Gasteiger partial charge in [0.1, 0.15) is 17.5 Å². The van der Waals surface area contributed by atoms with Gasteiger partial charge in [0.2, 0.25) is 0 Å². The molecule has 3 aromatic rings. The number of nitrogens with one attached hydrogen (secondary N) is 1. The monoisotopic (exact) mass is 333 g/mol. The van der Waals surface area contributed by atoms with E-state index in [9.17, 15) is 0 Å². The van der Waals surface area contributed by atoms with E-state index in [1.165, 1.54) is 10.8 Å². The lowest BCUT2D eigenvalue weighted by molar-refractivity contribution is 0.312. The van der Waals surface area contributed by atoms with Crippen LogP contribution < -0.4 is 10.2 Å². The summed E-state index contributed by atoms with van der Waals surface area (Å²) in [6, 6.07) is 16.7. The summed E-state index contributed by atoms with van der Waals surface area (Å²) in [5.74, 6) is 2.64. The summed E-state index contributed by atoms with van der Waals surface area (Å²) >= 11 is 0. The Hall–Kier alpha value is -2.66. The fourth-order valence-corrected chi connectivity index (χ4v) is 3.29. The zero-order valence-electron chi connectivity index (χ0n) is 14.7. The largest absolute Gasteiger partial charge is 0.354 e. The molecule has 2 aromatic carbocycles. The lowest BCUT2D eigenvalue weighted by Gasteiger charge is -2.33. The van der Waals surface area contributed by atoms with Crippen LogP contribution in [0.2, 0.25) is 0 Å². The van der Waals surface area contributed by atoms with Crippen LogP contribution in [-0.2, 0) is 0 Å². The van der Waals surface area contributed by atoms with Crippen LogP contribution in [0.25, 0.3) is 10.8 Å². The first-order valence-corrected chi connectivity index (χ1v) is 8.73. The average Bonchev–Trinajstić information content (AvgIpc) is 2.62. The highest BCUT2D eigenvalue weighted by molar-refractivity contribution is 5.95. The number of rotatable bonds is 3. The number of aromatic nitrogens is 2. The van der Waals surface area contributed by atoms with Crippen molar-refractivity contribution in [2.45, 2.75) is 6.92 Å². The Morgan fingerprint density at radius 1 is 0.920 bits per heavy atom. The van der Waals surface area contributed by atoms with Gasteiger partial charge < -0.3 is 15.1 Å². The SMILES string of the molecule is Cc1nc(Nc2cccc3ccccc23)cc(N2CCN(C)CC2)n1. The minimum Gasteiger partial charge on any atom is -0.354 e. The predicted molar refractivity (Wildman–Crippen MR) is 104 cm³/mol. The third-order valence-corrected chi connectivity index (χ3v) is 4.70. The number of piperazine rings is 1. The lowest BCUT2D eigenvalue weighted by atomic mass is 10.1. The Balaban J connectivity index is 1.64. The molecule has 1 aromatic heterocycles. The fourth-order valence-electron chi connectivity index (χ4n) is 3.29. The highest BCUT2D eigenvalue weighted by Crippen LogP contribution is 2.27. The molecule has 0 bridgehead atoms. The second kappa shape index (κ2) is 6.69. The molecule has 4 rings (SSSR count). The lowest BCUT2D eigenvalue weighted by Crippen LogP contribution is -2.44. The normalized spacial score (nSPS) is 15.5. The van der Waals surface area contributed by atoms with Gasteiger partial charge >= 0.3 is 0 Å². The van der Waals surface area contributed by atoms with E-state index in [1.807, 2.05) is 6.92 Å². The molecule has 0 atom stereocenters. The third kappa shape index (κ3) is 3.42. The van der Waals surface area contributed by atoms with Crippen molar-refractivity contribution in [3.63, 3.8) is 0 Å². The van der Waals surface area contributed by atoms with Gasteiger partial charge in [-0.2, -0.15) is 0 Å². The number of likely N-dealkylation sites (N-methyl/N-ethyl adjacent to an activating group) is 1. The summed E-state index contributed by atoms with van der Waals surface area (Å²) < 4.78 is 0. The van der Waals surface area contributed by atoms with Crippen LogP contribution in [0, 0.1) is 6.92 Å². The minimum atomic E-state index is 0.791. The van der Waals surface area contributed by atoms with Crippen LogP contribution in [0.3, 0.4) is 0 Å². The Bertz CT molecular complexity index is 879. The topological polar surface area (TPSA) is 44.3 Å². The van der Waals surface area contributed by atoms with E-state index in [4.69, 9.17) is 0 Å². The van der Waals surface area contributed by atoms with Gasteiger partial charge in [0.05, 0.1) is 0 Å². The molecule has 1 N–H and O–H groups in total. The molecular weight excluding hydrogens is 310 g/mol. The molecule has 128 valence electrons. The summed E-state index contributed by atoms with van der Waals surface area (Å²) in [7, 11) is 2.16. The standard InChI is InChI=1S/C20H23N5/c1-15-21-19(14-20(22-15)25-12-10-24(2)11-13-25)23-18-9-5-7-16-6-3-4-8-17(16)18/h3-9,14H,10-13H2,1-2H3,(H,21,22,23). The van der Waals surface area contributed by atoms with Crippen molar-refractivity contribution in [1.82, 2.24) is 14.9 Å². The smallest absolute Gasteiger partial charge is 0.136 e. The molecule has 0 unspecified atom stereocenters. The van der Waals surface area contributed by atoms with Crippen molar-refractivity contribution >= 4 is 28.1 Å². The minimum absolute atomic E-state index is 0.791. The fraction of sp³-hybridized carbons (Fsp3) is 0.300. The molecule has 2 heterocycles. The van der Waals surface area contributed by atoms with Crippen molar-refractivity contribution in [3.8, 4) is 0 Å². The van der Waals surface area contributed by atoms with Gasteiger partial charge in [-0.05, 0) is 25.4 Å². The molecule has 0 amide bonds. The van der Waals surface area contributed by atoms with Crippen LogP contribution in [-0.4, -0.2) is 48.1 Å². The van der Waals surface area contributed by atoms with Crippen LogP contribution in [0.4, 0.5) is 17.3 Å². The maximum Gasteiger partial charge on any atom is 0.136 e. The molecule has 5 heteroatoms. The van der Waals surface area contributed by atoms with Crippen LogP contribution in [0.1, 0.15) is 5.82 Å². The van der Waals surface area contributed by atoms with Gasteiger partial charge in [0.15, 0.2) is 0 Å². The number of nitrogens with zero attached hydrogens (tertiary/aromatic N) is 4. The zero-order chi connectivity index (χ0) is 17.2. The molecule has 0 spiro atoms. The van der Waals surface area contributed by atoms with E-state index in [-0.39, 0.29) is 0 Å². The van der Waals surface area contributed by atoms with Crippen LogP contribution >= 0.6 is 0 Å². The highest BCUT2D eigenvalue weighted by atomic mass is 15.3. The second-order valence-corrected chi connectivity index (χ2v) is 6.60. The number of aryl methyl sites for hydroxylation is 1. The molecular formula is C20H23N5. The average molecular weight is 333 g/mol. The van der Waals surface area contributed by atoms with E-state index in [0.717, 1.165) is 49.3 Å². The van der Waals surface area contributed by atoms with E-state index in [0.29, 0.717) is 0 Å². The molecule has 1 aliphatic heterocycles. The maximum atomic E-state index is 4.64. The predicted octanol–water partition coefficient (Wildman–Crippen LogP) is 3.43. The van der Waals surface area contributed by atoms with Crippen molar-refractivity contribution in [2.75, 3.05) is 43.4 Å². The van der Waals surface area contributed by atoms with Gasteiger partial charge in [0.25, 0.3) is 0 Å². The van der Waals surface area contributed by atoms with Gasteiger partial charge in [-0.1, -0.05) is 36.4 Å². The van der Waals surface area contributed by atoms with Gasteiger partial charge in [-0.25, -0.2) is 9.97 Å². The first kappa shape index (κ1) is 15.8. The van der Waals surface area contributed by atoms with Crippen LogP contribution in [0.5, 0.6) is 0 Å². The zero-order valence-corrected chi connectivity index (χ0v) is 14.7. The molecule has 0 radical (unpaired) electrons. The highest BCUT2D eigenvalue weighted by Gasteiger charge is 2.16. The first-order valence-electron chi connectivity index (χ1n) is 8.73. The molecule has 0 saturated carbocycles. The van der Waals surface area contributed by atoms with E-state index in [1.54, 1.807) is 0 Å². The van der Waals surface area contributed by atoms with Gasteiger partial charge in [-0.15, -0.1) is 0 Å². The first-order chi connectivity index (χ1) is 12.2. The number of benzene rings is 2. The Labute approximate surface area is 148 Å². The number of hydrogen-bond acceptors (Lipinski definition) is 5. The molecule has 0 aliphatic carbocycles. The Kier molecular flexibility index (Phi) is 4.24. The van der Waals surface area contributed by atoms with E-state index >= 15 is 0 Å². The Morgan fingerprint density at radius 3 is 2.52 bits per heavy atom. The van der Waals surface area contributed by atoms with Gasteiger partial charge in [-0.3, -0.25) is 0 Å². The van der Waals surface area contributed by atoms with E-state index < -0.39 is 0 Å². The quantitative estimate of drug-likeness (QED) is 0.795. The summed E-state index contributed by atoms with van der Waals surface area (Å²) in [6.07, 6.45) is 0. The number of anilines is 3. The molecule has 1 fully saturated rings. The van der Waals surface area contributed by atoms with Crippen molar-refractivity contribution in [2.24, 2.45) is 0 Å². The molecule has 5 nitrogen and oxygen atoms in total. The third-order valence-electron chi connectivity index (χ3n) is 4.70. The van der Waals surface area contributed by atoms with Crippen molar-refractivity contribution < 1.29 is 0 Å². The Morgan fingerprint density at radius 2 is 1.68 bits per heavy atom. The molecule has 1 aliphatic rings. The summed E-state index contributed by atoms with van der Waals surface area (Å²) in [5, 5.41) is 5.90. The van der Waals surface area contributed by atoms with Crippen LogP contribution in [0.15, 0.2) is 48.5 Å². The summed E-state index contributed by atoms with van der Waals surface area (Å²) in [5.41, 5.74) is 1.07.